The third kappa shape index (κ3) is 4.46. The molecule has 0 aliphatic heterocycles. The fraction of sp³-hybridized carbons (Fsp3) is 0.273. The molecule has 0 unspecified atom stereocenters. The van der Waals surface area contributed by atoms with E-state index in [0.29, 0.717) is 0 Å². The van der Waals surface area contributed by atoms with Crippen LogP contribution in [0.3, 0.4) is 0 Å². The van der Waals surface area contributed by atoms with Gasteiger partial charge in [-0.2, -0.15) is 0 Å². The van der Waals surface area contributed by atoms with E-state index in [2.05, 4.69) is 87.5 Å². The first-order chi connectivity index (χ1) is 10.7. The molecule has 114 valence electrons. The molecule has 0 spiro atoms. The molecule has 0 nitrogen and oxygen atoms in total. The van der Waals surface area contributed by atoms with Crippen molar-refractivity contribution in [1.29, 1.82) is 0 Å². The molecule has 0 aromatic heterocycles. The van der Waals surface area contributed by atoms with Gasteiger partial charge in [0, 0.05) is 0 Å². The molecule has 0 radical (unpaired) electrons. The number of aryl methyl sites for hydroxylation is 1. The quantitative estimate of drug-likeness (QED) is 0.530. The van der Waals surface area contributed by atoms with E-state index in [0.717, 1.165) is 12.8 Å². The van der Waals surface area contributed by atoms with Gasteiger partial charge in [-0.15, -0.1) is 0 Å². The van der Waals surface area contributed by atoms with Crippen LogP contribution < -0.4 is 0 Å². The summed E-state index contributed by atoms with van der Waals surface area (Å²) in [7, 11) is 0. The molecule has 0 saturated heterocycles. The zero-order valence-electron chi connectivity index (χ0n) is 14.0. The SMILES string of the molecule is CCCc1ccc(C(C)=CC=C(CC)c2ccccc2)cc1. The predicted molar refractivity (Wildman–Crippen MR) is 98.8 cm³/mol. The fourth-order valence-electron chi connectivity index (χ4n) is 2.62. The molecule has 0 aliphatic carbocycles. The van der Waals surface area contributed by atoms with Gasteiger partial charge in [-0.25, -0.2) is 0 Å². The van der Waals surface area contributed by atoms with E-state index in [1.165, 1.54) is 34.3 Å². The number of hydrogen-bond acceptors (Lipinski definition) is 0. The third-order valence-corrected chi connectivity index (χ3v) is 4.01. The van der Waals surface area contributed by atoms with Crippen LogP contribution in [0.1, 0.15) is 50.3 Å². The van der Waals surface area contributed by atoms with Crippen LogP contribution in [0.4, 0.5) is 0 Å². The Kier molecular flexibility index (Phi) is 6.21. The highest BCUT2D eigenvalue weighted by Crippen LogP contribution is 2.20. The van der Waals surface area contributed by atoms with Crippen LogP contribution in [0.15, 0.2) is 66.7 Å². The Bertz CT molecular complexity index is 627. The summed E-state index contributed by atoms with van der Waals surface area (Å²) < 4.78 is 0. The van der Waals surface area contributed by atoms with Crippen molar-refractivity contribution in [3.8, 4) is 0 Å². The van der Waals surface area contributed by atoms with E-state index in [1.54, 1.807) is 0 Å². The Morgan fingerprint density at radius 3 is 2.09 bits per heavy atom. The van der Waals surface area contributed by atoms with Gasteiger partial charge < -0.3 is 0 Å². The fourth-order valence-corrected chi connectivity index (χ4v) is 2.62. The van der Waals surface area contributed by atoms with Crippen molar-refractivity contribution in [2.45, 2.75) is 40.0 Å². The molecule has 2 rings (SSSR count). The van der Waals surface area contributed by atoms with Gasteiger partial charge in [0.15, 0.2) is 0 Å². The second kappa shape index (κ2) is 8.38. The van der Waals surface area contributed by atoms with E-state index < -0.39 is 0 Å². The van der Waals surface area contributed by atoms with Crippen molar-refractivity contribution in [3.63, 3.8) is 0 Å². The Morgan fingerprint density at radius 1 is 0.818 bits per heavy atom. The molecule has 0 N–H and O–H groups in total. The van der Waals surface area contributed by atoms with Crippen molar-refractivity contribution in [2.24, 2.45) is 0 Å². The highest BCUT2D eigenvalue weighted by molar-refractivity contribution is 5.72. The summed E-state index contributed by atoms with van der Waals surface area (Å²) in [5.74, 6) is 0. The van der Waals surface area contributed by atoms with Crippen LogP contribution in [0.5, 0.6) is 0 Å². The van der Waals surface area contributed by atoms with Crippen molar-refractivity contribution in [2.75, 3.05) is 0 Å². The lowest BCUT2D eigenvalue weighted by atomic mass is 10.00. The van der Waals surface area contributed by atoms with E-state index >= 15 is 0 Å². The number of benzene rings is 2. The second-order valence-corrected chi connectivity index (χ2v) is 5.71. The van der Waals surface area contributed by atoms with E-state index in [4.69, 9.17) is 0 Å². The molecule has 0 aliphatic rings. The van der Waals surface area contributed by atoms with Gasteiger partial charge in [-0.05, 0) is 47.6 Å². The lowest BCUT2D eigenvalue weighted by Crippen LogP contribution is -1.85. The normalized spacial score (nSPS) is 12.5. The van der Waals surface area contributed by atoms with Crippen LogP contribution in [-0.2, 0) is 6.42 Å². The first-order valence-corrected chi connectivity index (χ1v) is 8.26. The summed E-state index contributed by atoms with van der Waals surface area (Å²) in [6, 6.07) is 19.6. The standard InChI is InChI=1S/C22H26/c1-4-9-19-13-16-21(17-14-19)18(3)12-15-20(5-2)22-10-7-6-8-11-22/h6-8,10-17H,4-5,9H2,1-3H3. The maximum atomic E-state index is 2.25. The average molecular weight is 290 g/mol. The summed E-state index contributed by atoms with van der Waals surface area (Å²) >= 11 is 0. The van der Waals surface area contributed by atoms with Gasteiger partial charge in [0.1, 0.15) is 0 Å². The van der Waals surface area contributed by atoms with Crippen LogP contribution in [0.25, 0.3) is 11.1 Å². The van der Waals surface area contributed by atoms with Crippen molar-refractivity contribution in [1.82, 2.24) is 0 Å². The molecular weight excluding hydrogens is 264 g/mol. The third-order valence-electron chi connectivity index (χ3n) is 4.01. The number of hydrogen-bond donors (Lipinski definition) is 0. The molecule has 0 heteroatoms. The molecule has 2 aromatic rings. The van der Waals surface area contributed by atoms with Gasteiger partial charge in [0.05, 0.1) is 0 Å². The van der Waals surface area contributed by atoms with Crippen molar-refractivity contribution in [3.05, 3.63) is 83.4 Å². The summed E-state index contributed by atoms with van der Waals surface area (Å²) in [4.78, 5) is 0. The minimum Gasteiger partial charge on any atom is -0.0651 e. The summed E-state index contributed by atoms with van der Waals surface area (Å²) in [6.07, 6.45) is 7.90. The molecule has 2 aromatic carbocycles. The minimum absolute atomic E-state index is 1.04. The van der Waals surface area contributed by atoms with Gasteiger partial charge in [0.2, 0.25) is 0 Å². The lowest BCUT2D eigenvalue weighted by Gasteiger charge is -2.05. The molecule has 22 heavy (non-hydrogen) atoms. The van der Waals surface area contributed by atoms with E-state index in [9.17, 15) is 0 Å². The average Bonchev–Trinajstić information content (AvgIpc) is 2.57. The first kappa shape index (κ1) is 16.3. The maximum Gasteiger partial charge on any atom is -0.0225 e. The van der Waals surface area contributed by atoms with Gasteiger partial charge in [-0.3, -0.25) is 0 Å². The molecule has 0 saturated carbocycles. The smallest absolute Gasteiger partial charge is 0.0225 e. The summed E-state index contributed by atoms with van der Waals surface area (Å²) in [5.41, 5.74) is 6.73. The van der Waals surface area contributed by atoms with Crippen LogP contribution in [-0.4, -0.2) is 0 Å². The molecule has 0 atom stereocenters. The van der Waals surface area contributed by atoms with Crippen LogP contribution >= 0.6 is 0 Å². The molecular formula is C22H26. The molecule has 0 amide bonds. The molecule has 0 heterocycles. The number of allylic oxidation sites excluding steroid dienone is 4. The van der Waals surface area contributed by atoms with Crippen LogP contribution in [0.2, 0.25) is 0 Å². The predicted octanol–water partition coefficient (Wildman–Crippen LogP) is 6.54. The Hall–Kier alpha value is -2.08. The topological polar surface area (TPSA) is 0 Å². The Labute approximate surface area is 135 Å². The van der Waals surface area contributed by atoms with Gasteiger partial charge in [0.25, 0.3) is 0 Å². The summed E-state index contributed by atoms with van der Waals surface area (Å²) in [5, 5.41) is 0. The maximum absolute atomic E-state index is 2.25. The Balaban J connectivity index is 2.18. The van der Waals surface area contributed by atoms with Gasteiger partial charge >= 0.3 is 0 Å². The minimum atomic E-state index is 1.04. The Morgan fingerprint density at radius 2 is 1.50 bits per heavy atom. The highest BCUT2D eigenvalue weighted by Gasteiger charge is 1.99. The monoisotopic (exact) mass is 290 g/mol. The first-order valence-electron chi connectivity index (χ1n) is 8.26. The van der Waals surface area contributed by atoms with Crippen molar-refractivity contribution >= 4 is 11.1 Å². The lowest BCUT2D eigenvalue weighted by molar-refractivity contribution is 0.922. The number of rotatable bonds is 6. The zero-order valence-corrected chi connectivity index (χ0v) is 14.0. The molecule has 0 fully saturated rings. The zero-order chi connectivity index (χ0) is 15.8. The largest absolute Gasteiger partial charge is 0.0651 e. The van der Waals surface area contributed by atoms with E-state index in [1.807, 2.05) is 0 Å². The van der Waals surface area contributed by atoms with Crippen LogP contribution in [0, 0.1) is 0 Å². The van der Waals surface area contributed by atoms with Gasteiger partial charge in [-0.1, -0.05) is 87.0 Å². The van der Waals surface area contributed by atoms with E-state index in [-0.39, 0.29) is 0 Å². The highest BCUT2D eigenvalue weighted by atomic mass is 14.0. The molecule has 0 bridgehead atoms. The summed E-state index contributed by atoms with van der Waals surface area (Å²) in [6.45, 7) is 6.62. The van der Waals surface area contributed by atoms with Crippen molar-refractivity contribution < 1.29 is 0 Å². The second-order valence-electron chi connectivity index (χ2n) is 5.71.